The maximum Gasteiger partial charge on any atom is 0.135 e. The van der Waals surface area contributed by atoms with Crippen LogP contribution in [0.5, 0.6) is 11.5 Å². The Kier molecular flexibility index (Phi) is 12.1. The Bertz CT molecular complexity index is 3180. The Labute approximate surface area is 411 Å². The molecule has 0 fully saturated rings. The van der Waals surface area contributed by atoms with E-state index in [9.17, 15) is 0 Å². The summed E-state index contributed by atoms with van der Waals surface area (Å²) in [6, 6.07) is 63.6. The number of hydrogen-bond acceptors (Lipinski definition) is 4. The molecular weight excluding hydrogens is 1000 g/mol. The van der Waals surface area contributed by atoms with Crippen LogP contribution in [0.4, 0.5) is 17.1 Å². The van der Waals surface area contributed by atoms with Gasteiger partial charge in [0.1, 0.15) is 5.82 Å². The molecule has 1 unspecified atom stereocenters. The van der Waals surface area contributed by atoms with Crippen molar-refractivity contribution in [3.63, 3.8) is 0 Å². The third kappa shape index (κ3) is 8.60. The average molecular weight is 1060 g/mol. The van der Waals surface area contributed by atoms with Gasteiger partial charge in [0.25, 0.3) is 0 Å². The van der Waals surface area contributed by atoms with Gasteiger partial charge in [0.2, 0.25) is 0 Å². The molecule has 0 bridgehead atoms. The molecule has 0 radical (unpaired) electrons. The topological polar surface area (TPSA) is 42.3 Å². The monoisotopic (exact) mass is 1060 g/mol. The van der Waals surface area contributed by atoms with Crippen molar-refractivity contribution in [3.05, 3.63) is 227 Å². The first-order chi connectivity index (χ1) is 31.6. The molecule has 1 N–H and O–H groups in total. The van der Waals surface area contributed by atoms with Gasteiger partial charge in [0.15, 0.2) is 0 Å². The zero-order valence-electron chi connectivity index (χ0n) is 39.8. The minimum Gasteiger partial charge on any atom is -0.512 e. The predicted octanol–water partition coefficient (Wildman–Crippen LogP) is 15.6. The van der Waals surface area contributed by atoms with E-state index in [1.54, 1.807) is 0 Å². The number of benzene rings is 7. The number of nitrogens with one attached hydrogen (secondary N) is 1. The van der Waals surface area contributed by atoms with Crippen molar-refractivity contribution in [2.24, 2.45) is 0 Å². The van der Waals surface area contributed by atoms with Crippen LogP contribution < -0.4 is 15.0 Å². The smallest absolute Gasteiger partial charge is 0.135 e. The molecular formula is C61H57N4OPt-3. The third-order valence-electron chi connectivity index (χ3n) is 13.9. The molecule has 0 saturated heterocycles. The largest absolute Gasteiger partial charge is 0.512 e. The first kappa shape index (κ1) is 45.7. The van der Waals surface area contributed by atoms with Crippen molar-refractivity contribution >= 4 is 38.9 Å². The van der Waals surface area contributed by atoms with Gasteiger partial charge in [-0.15, -0.1) is 41.4 Å². The standard InChI is InChI=1S/C61H57N4O.Pt/c1-40-31-53-54(63-47-34-45(60(6,7)42-19-12-10-13-20-42)33-46(35-47)61(8,9)43-21-14-11-15-22-43)39-64(56(53)32-41(40)2)48-23-18-24-49(37-48)66-50-27-28-52-51-25-16-17-26-55(51)65(57(52)38-50)58-36-44(29-30-62-58)59(3,4)5;/h10-36,39,54,63H,1-9H3;/q-3;. The first-order valence-corrected chi connectivity index (χ1v) is 23.1. The number of ether oxygens (including phenoxy) is 1. The minimum atomic E-state index is -0.236. The molecule has 0 spiro atoms. The molecule has 10 rings (SSSR count). The van der Waals surface area contributed by atoms with Crippen molar-refractivity contribution in [3.8, 4) is 17.3 Å². The first-order valence-electron chi connectivity index (χ1n) is 23.1. The molecule has 1 atom stereocenters. The summed E-state index contributed by atoms with van der Waals surface area (Å²) in [6.45, 7) is 22.7. The van der Waals surface area contributed by atoms with E-state index in [-0.39, 0.29) is 43.4 Å². The van der Waals surface area contributed by atoms with Crippen LogP contribution in [-0.2, 0) is 37.3 Å². The van der Waals surface area contributed by atoms with Gasteiger partial charge in [0.05, 0.1) is 0 Å². The fourth-order valence-electron chi connectivity index (χ4n) is 9.50. The van der Waals surface area contributed by atoms with Crippen LogP contribution in [0.2, 0.25) is 0 Å². The Morgan fingerprint density at radius 2 is 1.21 bits per heavy atom. The molecule has 340 valence electrons. The second-order valence-corrected chi connectivity index (χ2v) is 20.0. The van der Waals surface area contributed by atoms with Crippen LogP contribution in [0.3, 0.4) is 0 Å². The molecule has 6 heteroatoms. The van der Waals surface area contributed by atoms with Gasteiger partial charge in [-0.25, -0.2) is 11.5 Å². The minimum absolute atomic E-state index is 0. The SMILES string of the molecule is Cc1cc2c(cc1C)N(c1[c-]c(Oc3[c-]c4c(cc3)c3ccccc3n4-c3cc(C(C)(C)C)ccn3)ccc1)[CH-]C2Nc1cc(C(C)(C)c2ccccc2)cc(C(C)(C)c2ccccc2)c1.[Pt]. The number of aryl methyl sites for hydroxylation is 2. The van der Waals surface area contributed by atoms with E-state index in [1.807, 2.05) is 24.4 Å². The Morgan fingerprint density at radius 3 is 1.88 bits per heavy atom. The molecule has 67 heavy (non-hydrogen) atoms. The number of fused-ring (bicyclic) bond motifs is 4. The second kappa shape index (κ2) is 17.7. The summed E-state index contributed by atoms with van der Waals surface area (Å²) in [5.74, 6) is 2.07. The van der Waals surface area contributed by atoms with Gasteiger partial charge in [-0.2, -0.15) is 12.1 Å². The van der Waals surface area contributed by atoms with Gasteiger partial charge in [-0.1, -0.05) is 151 Å². The summed E-state index contributed by atoms with van der Waals surface area (Å²) >= 11 is 0. The van der Waals surface area contributed by atoms with E-state index in [2.05, 4.69) is 235 Å². The van der Waals surface area contributed by atoms with Crippen LogP contribution >= 0.6 is 0 Å². The number of hydrogen-bond donors (Lipinski definition) is 1. The summed E-state index contributed by atoms with van der Waals surface area (Å²) < 4.78 is 8.87. The molecule has 7 aromatic carbocycles. The molecule has 3 heterocycles. The molecule has 0 aliphatic carbocycles. The Hall–Kier alpha value is -6.42. The van der Waals surface area contributed by atoms with Crippen molar-refractivity contribution < 1.29 is 25.8 Å². The predicted molar refractivity (Wildman–Crippen MR) is 274 cm³/mol. The number of anilines is 3. The van der Waals surface area contributed by atoms with Gasteiger partial charge in [-0.05, 0) is 106 Å². The van der Waals surface area contributed by atoms with Gasteiger partial charge in [-0.3, -0.25) is 0 Å². The van der Waals surface area contributed by atoms with E-state index in [1.165, 1.54) is 44.5 Å². The summed E-state index contributed by atoms with van der Waals surface area (Å²) in [4.78, 5) is 7.13. The van der Waals surface area contributed by atoms with Crippen LogP contribution in [0, 0.1) is 32.5 Å². The maximum absolute atomic E-state index is 6.67. The number of rotatable bonds is 10. The van der Waals surface area contributed by atoms with Crippen LogP contribution in [0.1, 0.15) is 99.0 Å². The zero-order chi connectivity index (χ0) is 46.0. The molecule has 5 nitrogen and oxygen atoms in total. The normalized spacial score (nSPS) is 14.0. The number of aromatic nitrogens is 2. The van der Waals surface area contributed by atoms with Crippen molar-refractivity contribution in [2.45, 2.75) is 84.6 Å². The number of nitrogens with zero attached hydrogens (tertiary/aromatic N) is 3. The molecule has 1 aliphatic heterocycles. The van der Waals surface area contributed by atoms with Gasteiger partial charge >= 0.3 is 0 Å². The molecule has 2 aromatic heterocycles. The fourth-order valence-corrected chi connectivity index (χ4v) is 9.50. The molecule has 0 amide bonds. The van der Waals surface area contributed by atoms with Crippen molar-refractivity contribution in [1.82, 2.24) is 9.55 Å². The average Bonchev–Trinajstić information content (AvgIpc) is 3.83. The van der Waals surface area contributed by atoms with Crippen molar-refractivity contribution in [1.29, 1.82) is 0 Å². The summed E-state index contributed by atoms with van der Waals surface area (Å²) in [5, 5.41) is 6.27. The number of para-hydroxylation sites is 1. The molecule has 1 aliphatic rings. The molecule has 0 saturated carbocycles. The van der Waals surface area contributed by atoms with Gasteiger partial charge < -0.3 is 19.5 Å². The Balaban J connectivity index is 0.00000562. The fraction of sp³-hybridized carbons (Fsp3) is 0.213. The van der Waals surface area contributed by atoms with Crippen LogP contribution in [0.15, 0.2) is 164 Å². The van der Waals surface area contributed by atoms with Crippen molar-refractivity contribution in [2.75, 3.05) is 10.2 Å². The number of pyridine rings is 1. The third-order valence-corrected chi connectivity index (χ3v) is 13.9. The van der Waals surface area contributed by atoms with E-state index < -0.39 is 0 Å². The van der Waals surface area contributed by atoms with E-state index in [0.717, 1.165) is 44.7 Å². The maximum atomic E-state index is 6.67. The van der Waals surface area contributed by atoms with E-state index >= 15 is 0 Å². The second-order valence-electron chi connectivity index (χ2n) is 20.0. The Morgan fingerprint density at radius 1 is 0.582 bits per heavy atom. The summed E-state index contributed by atoms with van der Waals surface area (Å²) in [6.07, 6.45) is 1.90. The van der Waals surface area contributed by atoms with Gasteiger partial charge in [0, 0.05) is 66.5 Å². The summed E-state index contributed by atoms with van der Waals surface area (Å²) in [5.41, 5.74) is 14.6. The summed E-state index contributed by atoms with van der Waals surface area (Å²) in [7, 11) is 0. The van der Waals surface area contributed by atoms with Crippen LogP contribution in [0.25, 0.3) is 27.6 Å². The zero-order valence-corrected chi connectivity index (χ0v) is 42.1. The molecule has 9 aromatic rings. The van der Waals surface area contributed by atoms with E-state index in [0.29, 0.717) is 11.5 Å². The quantitative estimate of drug-likeness (QED) is 0.139. The van der Waals surface area contributed by atoms with E-state index in [4.69, 9.17) is 9.72 Å². The van der Waals surface area contributed by atoms with Crippen LogP contribution in [-0.4, -0.2) is 9.55 Å².